The second kappa shape index (κ2) is 7.86. The molecule has 0 aliphatic rings. The number of nitrogens with zero attached hydrogens (tertiary/aromatic N) is 2. The molecule has 1 amide bonds. The van der Waals surface area contributed by atoms with Crippen molar-refractivity contribution in [2.24, 2.45) is 0 Å². The van der Waals surface area contributed by atoms with Gasteiger partial charge in [0.15, 0.2) is 5.82 Å². The molecule has 0 fully saturated rings. The molecule has 2 aromatic carbocycles. The maximum Gasteiger partial charge on any atom is 0.298 e. The highest BCUT2D eigenvalue weighted by Gasteiger charge is 2.12. The largest absolute Gasteiger partial charge is 0.497 e. The summed E-state index contributed by atoms with van der Waals surface area (Å²) in [5, 5.41) is 2.58. The van der Waals surface area contributed by atoms with E-state index >= 15 is 0 Å². The molecule has 1 aromatic heterocycles. The Bertz CT molecular complexity index is 1010. The summed E-state index contributed by atoms with van der Waals surface area (Å²) in [7, 11) is 1.53. The van der Waals surface area contributed by atoms with Crippen molar-refractivity contribution >= 4 is 11.7 Å². The monoisotopic (exact) mass is 363 g/mol. The minimum atomic E-state index is -0.425. The van der Waals surface area contributed by atoms with Crippen molar-refractivity contribution in [1.82, 2.24) is 9.55 Å². The predicted molar refractivity (Wildman–Crippen MR) is 105 cm³/mol. The van der Waals surface area contributed by atoms with Crippen molar-refractivity contribution in [3.8, 4) is 11.4 Å². The highest BCUT2D eigenvalue weighted by atomic mass is 16.5. The van der Waals surface area contributed by atoms with Gasteiger partial charge < -0.3 is 10.1 Å². The van der Waals surface area contributed by atoms with Gasteiger partial charge in [0.1, 0.15) is 5.75 Å². The van der Waals surface area contributed by atoms with Crippen LogP contribution in [0.3, 0.4) is 0 Å². The third kappa shape index (κ3) is 4.06. The molecule has 0 atom stereocenters. The number of amides is 1. The predicted octanol–water partition coefficient (Wildman–Crippen LogP) is 3.62. The lowest BCUT2D eigenvalue weighted by Gasteiger charge is -2.11. The van der Waals surface area contributed by atoms with E-state index in [2.05, 4.69) is 24.1 Å². The number of carbonyl (C=O) groups excluding carboxylic acids is 1. The normalized spacial score (nSPS) is 10.7. The average Bonchev–Trinajstić information content (AvgIpc) is 2.69. The smallest absolute Gasteiger partial charge is 0.298 e. The van der Waals surface area contributed by atoms with Gasteiger partial charge in [-0.15, -0.1) is 0 Å². The van der Waals surface area contributed by atoms with Crippen LogP contribution in [0, 0.1) is 0 Å². The summed E-state index contributed by atoms with van der Waals surface area (Å²) in [5.74, 6) is 0.516. The van der Waals surface area contributed by atoms with Crippen LogP contribution >= 0.6 is 0 Å². The van der Waals surface area contributed by atoms with Crippen LogP contribution < -0.4 is 15.6 Å². The fourth-order valence-electron chi connectivity index (χ4n) is 2.66. The summed E-state index contributed by atoms with van der Waals surface area (Å²) < 4.78 is 6.58. The summed E-state index contributed by atoms with van der Waals surface area (Å²) >= 11 is 0. The van der Waals surface area contributed by atoms with Crippen molar-refractivity contribution in [1.29, 1.82) is 0 Å². The van der Waals surface area contributed by atoms with Crippen molar-refractivity contribution in [2.75, 3.05) is 12.4 Å². The maximum atomic E-state index is 12.7. The number of ether oxygens (including phenoxy) is 1. The molecular formula is C21H21N3O3. The van der Waals surface area contributed by atoms with Crippen molar-refractivity contribution < 1.29 is 9.53 Å². The van der Waals surface area contributed by atoms with Gasteiger partial charge in [-0.25, -0.2) is 4.98 Å². The van der Waals surface area contributed by atoms with Crippen molar-refractivity contribution in [3.63, 3.8) is 0 Å². The Morgan fingerprint density at radius 1 is 1.15 bits per heavy atom. The highest BCUT2D eigenvalue weighted by Crippen LogP contribution is 2.17. The molecule has 0 aliphatic heterocycles. The van der Waals surface area contributed by atoms with Crippen LogP contribution in [0.4, 0.5) is 5.82 Å². The molecule has 6 heteroatoms. The number of hydrogen-bond donors (Lipinski definition) is 1. The van der Waals surface area contributed by atoms with Gasteiger partial charge in [-0.05, 0) is 41.8 Å². The average molecular weight is 363 g/mol. The van der Waals surface area contributed by atoms with Gasteiger partial charge in [0, 0.05) is 23.6 Å². The number of anilines is 1. The number of methoxy groups -OCH3 is 1. The van der Waals surface area contributed by atoms with Gasteiger partial charge in [0.25, 0.3) is 11.5 Å². The third-order valence-corrected chi connectivity index (χ3v) is 4.24. The van der Waals surface area contributed by atoms with Gasteiger partial charge >= 0.3 is 0 Å². The van der Waals surface area contributed by atoms with Crippen LogP contribution in [0.1, 0.15) is 35.7 Å². The molecule has 0 radical (unpaired) electrons. The van der Waals surface area contributed by atoms with Crippen LogP contribution in [-0.2, 0) is 0 Å². The highest BCUT2D eigenvalue weighted by molar-refractivity contribution is 6.03. The van der Waals surface area contributed by atoms with E-state index in [0.29, 0.717) is 22.9 Å². The van der Waals surface area contributed by atoms with E-state index in [9.17, 15) is 9.59 Å². The molecule has 0 bridgehead atoms. The number of nitrogens with one attached hydrogen (secondary N) is 1. The van der Waals surface area contributed by atoms with Gasteiger partial charge in [0.2, 0.25) is 0 Å². The lowest BCUT2D eigenvalue weighted by Crippen LogP contribution is -2.26. The zero-order valence-corrected chi connectivity index (χ0v) is 15.5. The Hall–Kier alpha value is -3.41. The number of aromatic nitrogens is 2. The number of hydrogen-bond acceptors (Lipinski definition) is 4. The third-order valence-electron chi connectivity index (χ3n) is 4.24. The molecule has 1 heterocycles. The second-order valence-corrected chi connectivity index (χ2v) is 6.38. The van der Waals surface area contributed by atoms with Crippen LogP contribution in [0.5, 0.6) is 5.75 Å². The zero-order valence-electron chi connectivity index (χ0n) is 15.5. The molecule has 1 N–H and O–H groups in total. The Kier molecular flexibility index (Phi) is 5.35. The topological polar surface area (TPSA) is 73.2 Å². The molecule has 0 aliphatic carbocycles. The summed E-state index contributed by atoms with van der Waals surface area (Å²) in [5.41, 5.74) is 1.88. The Morgan fingerprint density at radius 3 is 2.56 bits per heavy atom. The fraction of sp³-hybridized carbons (Fsp3) is 0.190. The quantitative estimate of drug-likeness (QED) is 0.751. The number of benzene rings is 2. The minimum Gasteiger partial charge on any atom is -0.497 e. The number of rotatable bonds is 5. The summed E-state index contributed by atoms with van der Waals surface area (Å²) in [6.07, 6.45) is 3.06. The van der Waals surface area contributed by atoms with Crippen LogP contribution in [-0.4, -0.2) is 22.6 Å². The molecule has 27 heavy (non-hydrogen) atoms. The Labute approximate surface area is 157 Å². The first-order valence-electron chi connectivity index (χ1n) is 8.63. The van der Waals surface area contributed by atoms with E-state index in [1.54, 1.807) is 30.5 Å². The molecule has 138 valence electrons. The first-order valence-corrected chi connectivity index (χ1v) is 8.63. The van der Waals surface area contributed by atoms with Crippen molar-refractivity contribution in [3.05, 3.63) is 82.4 Å². The van der Waals surface area contributed by atoms with E-state index in [1.807, 2.05) is 24.3 Å². The van der Waals surface area contributed by atoms with Crippen LogP contribution in [0.15, 0.2) is 65.7 Å². The molecule has 0 saturated heterocycles. The molecule has 3 rings (SSSR count). The number of carbonyl (C=O) groups is 1. The van der Waals surface area contributed by atoms with Crippen LogP contribution in [0.2, 0.25) is 0 Å². The van der Waals surface area contributed by atoms with Crippen molar-refractivity contribution in [2.45, 2.75) is 19.8 Å². The van der Waals surface area contributed by atoms with Gasteiger partial charge in [-0.1, -0.05) is 32.0 Å². The summed E-state index contributed by atoms with van der Waals surface area (Å²) in [6, 6.07) is 14.4. The lowest BCUT2D eigenvalue weighted by atomic mass is 10.0. The SMILES string of the molecule is COc1cccc(C(=O)Nc2nccn(-c3ccc(C(C)C)cc3)c2=O)c1. The van der Waals surface area contributed by atoms with Gasteiger partial charge in [0.05, 0.1) is 7.11 Å². The maximum absolute atomic E-state index is 12.7. The summed E-state index contributed by atoms with van der Waals surface area (Å²) in [6.45, 7) is 4.22. The fourth-order valence-corrected chi connectivity index (χ4v) is 2.66. The summed E-state index contributed by atoms with van der Waals surface area (Å²) in [4.78, 5) is 29.2. The standard InChI is InChI=1S/C21H21N3O3/c1-14(2)15-7-9-17(10-8-15)24-12-11-22-19(21(24)26)23-20(25)16-5-4-6-18(13-16)27-3/h4-14H,1-3H3,(H,22,23,25). The molecule has 0 unspecified atom stereocenters. The van der Waals surface area contributed by atoms with E-state index in [1.165, 1.54) is 23.4 Å². The minimum absolute atomic E-state index is 0.0294. The zero-order chi connectivity index (χ0) is 19.4. The van der Waals surface area contributed by atoms with Gasteiger partial charge in [-0.3, -0.25) is 14.2 Å². The van der Waals surface area contributed by atoms with Crippen LogP contribution in [0.25, 0.3) is 5.69 Å². The molecule has 3 aromatic rings. The Morgan fingerprint density at radius 2 is 1.89 bits per heavy atom. The lowest BCUT2D eigenvalue weighted by molar-refractivity contribution is 0.102. The van der Waals surface area contributed by atoms with E-state index < -0.39 is 11.5 Å². The molecule has 0 spiro atoms. The molecular weight excluding hydrogens is 342 g/mol. The van der Waals surface area contributed by atoms with Gasteiger partial charge in [-0.2, -0.15) is 0 Å². The first-order chi connectivity index (χ1) is 13.0. The Balaban J connectivity index is 1.88. The van der Waals surface area contributed by atoms with E-state index in [0.717, 1.165) is 0 Å². The molecule has 6 nitrogen and oxygen atoms in total. The second-order valence-electron chi connectivity index (χ2n) is 6.38. The van der Waals surface area contributed by atoms with E-state index in [4.69, 9.17) is 4.74 Å². The first kappa shape index (κ1) is 18.4. The van der Waals surface area contributed by atoms with E-state index in [-0.39, 0.29) is 5.82 Å². The molecule has 0 saturated carbocycles.